The van der Waals surface area contributed by atoms with Gasteiger partial charge in [0.25, 0.3) is 5.91 Å². The molecule has 1 atom stereocenters. The number of aromatic nitrogens is 2. The molecule has 2 aliphatic rings. The van der Waals surface area contributed by atoms with Gasteiger partial charge in [-0.05, 0) is 69.0 Å². The van der Waals surface area contributed by atoms with Crippen LogP contribution in [0, 0.1) is 5.82 Å². The molecule has 2 aliphatic heterocycles. The van der Waals surface area contributed by atoms with Crippen molar-refractivity contribution in [3.63, 3.8) is 0 Å². The minimum Gasteiger partial charge on any atom is -0.497 e. The van der Waals surface area contributed by atoms with E-state index in [9.17, 15) is 19.2 Å². The molecule has 1 unspecified atom stereocenters. The SMILES string of the molecule is COc1ccc(CN2C(=O)CCC(n3c(=O)n(C)c4c(F)c(C5=CCN(C(=O)OC(C)(C)C)CC5)ccc43)C2=O)cc1. The first-order valence-corrected chi connectivity index (χ1v) is 13.9. The summed E-state index contributed by atoms with van der Waals surface area (Å²) >= 11 is 0. The third kappa shape index (κ3) is 5.43. The number of rotatable bonds is 5. The average molecular weight is 579 g/mol. The van der Waals surface area contributed by atoms with Crippen LogP contribution in [-0.4, -0.2) is 62.6 Å². The number of carbonyl (C=O) groups excluding carboxylic acids is 3. The summed E-state index contributed by atoms with van der Waals surface area (Å²) in [4.78, 5) is 55.0. The second-order valence-corrected chi connectivity index (χ2v) is 11.6. The van der Waals surface area contributed by atoms with E-state index in [1.54, 1.807) is 75.3 Å². The topological polar surface area (TPSA) is 103 Å². The Balaban J connectivity index is 1.43. The Morgan fingerprint density at radius 3 is 2.38 bits per heavy atom. The normalized spacial score (nSPS) is 18.0. The number of hydrogen-bond acceptors (Lipinski definition) is 6. The molecule has 0 N–H and O–H groups in total. The van der Waals surface area contributed by atoms with Gasteiger partial charge in [-0.1, -0.05) is 18.2 Å². The number of hydrogen-bond donors (Lipinski definition) is 0. The number of halogens is 1. The highest BCUT2D eigenvalue weighted by molar-refractivity contribution is 6.00. The highest BCUT2D eigenvalue weighted by Gasteiger charge is 2.38. The summed E-state index contributed by atoms with van der Waals surface area (Å²) in [6.07, 6.45) is 2.01. The van der Waals surface area contributed by atoms with Crippen molar-refractivity contribution in [3.05, 3.63) is 69.9 Å². The molecule has 3 aromatic rings. The van der Waals surface area contributed by atoms with Crippen LogP contribution in [0.15, 0.2) is 47.3 Å². The number of fused-ring (bicyclic) bond motifs is 1. The van der Waals surface area contributed by atoms with Crippen molar-refractivity contribution >= 4 is 34.5 Å². The second-order valence-electron chi connectivity index (χ2n) is 11.6. The third-order valence-electron chi connectivity index (χ3n) is 7.68. The molecular weight excluding hydrogens is 543 g/mol. The summed E-state index contributed by atoms with van der Waals surface area (Å²) in [5, 5.41) is 0. The van der Waals surface area contributed by atoms with Gasteiger partial charge in [-0.3, -0.25) is 23.6 Å². The predicted octanol–water partition coefficient (Wildman–Crippen LogP) is 4.40. The summed E-state index contributed by atoms with van der Waals surface area (Å²) in [5.74, 6) is -0.741. The predicted molar refractivity (Wildman–Crippen MR) is 154 cm³/mol. The molecule has 0 radical (unpaired) electrons. The summed E-state index contributed by atoms with van der Waals surface area (Å²) in [6, 6.07) is 9.35. The summed E-state index contributed by atoms with van der Waals surface area (Å²) in [6.45, 7) is 6.10. The standard InChI is InChI=1S/C31H35FN4O6/c1-31(2,3)42-30(40)34-16-14-20(15-17-34)22-10-11-23-27(26(22)32)33(4)29(39)36(23)24-12-13-25(37)35(28(24)38)18-19-6-8-21(41-5)9-7-19/h6-11,14,24H,12-13,15-18H2,1-5H3. The van der Waals surface area contributed by atoms with Crippen LogP contribution in [0.3, 0.4) is 0 Å². The number of ether oxygens (including phenoxy) is 2. The zero-order chi connectivity index (χ0) is 30.3. The van der Waals surface area contributed by atoms with Crippen LogP contribution in [0.25, 0.3) is 16.6 Å². The zero-order valence-electron chi connectivity index (χ0n) is 24.5. The first-order chi connectivity index (χ1) is 19.9. The van der Waals surface area contributed by atoms with Gasteiger partial charge in [-0.15, -0.1) is 0 Å². The van der Waals surface area contributed by atoms with Crippen molar-refractivity contribution in [2.45, 2.75) is 58.2 Å². The van der Waals surface area contributed by atoms with E-state index in [-0.39, 0.29) is 42.9 Å². The number of amides is 3. The largest absolute Gasteiger partial charge is 0.497 e. The molecule has 11 heteroatoms. The molecule has 1 aromatic heterocycles. The third-order valence-corrected chi connectivity index (χ3v) is 7.68. The van der Waals surface area contributed by atoms with Crippen LogP contribution >= 0.6 is 0 Å². The fourth-order valence-electron chi connectivity index (χ4n) is 5.52. The maximum atomic E-state index is 16.1. The minimum absolute atomic E-state index is 0.0602. The molecule has 1 fully saturated rings. The highest BCUT2D eigenvalue weighted by Crippen LogP contribution is 2.33. The van der Waals surface area contributed by atoms with Crippen LogP contribution in [0.2, 0.25) is 0 Å². The molecule has 42 heavy (non-hydrogen) atoms. The fraction of sp³-hybridized carbons (Fsp3) is 0.419. The van der Waals surface area contributed by atoms with Crippen molar-refractivity contribution in [2.75, 3.05) is 20.2 Å². The molecule has 3 heterocycles. The lowest BCUT2D eigenvalue weighted by atomic mass is 9.98. The second kappa shape index (κ2) is 11.1. The Morgan fingerprint density at radius 1 is 1.05 bits per heavy atom. The van der Waals surface area contributed by atoms with Crippen LogP contribution in [-0.2, 0) is 27.9 Å². The van der Waals surface area contributed by atoms with Crippen molar-refractivity contribution in [2.24, 2.45) is 7.05 Å². The van der Waals surface area contributed by atoms with Gasteiger partial charge < -0.3 is 14.4 Å². The Bertz CT molecular complexity index is 1650. The van der Waals surface area contributed by atoms with Gasteiger partial charge in [-0.25, -0.2) is 14.0 Å². The molecule has 0 spiro atoms. The number of methoxy groups -OCH3 is 1. The van der Waals surface area contributed by atoms with E-state index in [1.807, 2.05) is 0 Å². The van der Waals surface area contributed by atoms with Gasteiger partial charge in [0.1, 0.15) is 22.9 Å². The van der Waals surface area contributed by atoms with Crippen molar-refractivity contribution in [1.29, 1.82) is 0 Å². The molecule has 222 valence electrons. The van der Waals surface area contributed by atoms with Crippen molar-refractivity contribution in [1.82, 2.24) is 18.9 Å². The minimum atomic E-state index is -0.946. The van der Waals surface area contributed by atoms with E-state index in [2.05, 4.69) is 0 Å². The average Bonchev–Trinajstić information content (AvgIpc) is 3.21. The Morgan fingerprint density at radius 2 is 1.76 bits per heavy atom. The number of piperidine rings is 1. The molecule has 0 aliphatic carbocycles. The monoisotopic (exact) mass is 578 g/mol. The van der Waals surface area contributed by atoms with E-state index >= 15 is 4.39 Å². The lowest BCUT2D eigenvalue weighted by molar-refractivity contribution is -0.151. The number of likely N-dealkylation sites (tertiary alicyclic amines) is 1. The van der Waals surface area contributed by atoms with Crippen LogP contribution in [0.4, 0.5) is 9.18 Å². The van der Waals surface area contributed by atoms with Crippen LogP contribution in [0.1, 0.15) is 57.2 Å². The number of carbonyl (C=O) groups is 3. The van der Waals surface area contributed by atoms with Gasteiger partial charge >= 0.3 is 11.8 Å². The number of nitrogens with zero attached hydrogens (tertiary/aromatic N) is 4. The molecule has 3 amide bonds. The maximum absolute atomic E-state index is 16.1. The molecule has 5 rings (SSSR count). The lowest BCUT2D eigenvalue weighted by Gasteiger charge is -2.31. The molecule has 2 aromatic carbocycles. The van der Waals surface area contributed by atoms with Crippen molar-refractivity contribution in [3.8, 4) is 5.75 Å². The Labute approximate surface area is 242 Å². The summed E-state index contributed by atoms with van der Waals surface area (Å²) in [5.41, 5.74) is 1.02. The maximum Gasteiger partial charge on any atom is 0.410 e. The number of aryl methyl sites for hydroxylation is 1. The van der Waals surface area contributed by atoms with E-state index < -0.39 is 35.2 Å². The highest BCUT2D eigenvalue weighted by atomic mass is 19.1. The Hall–Kier alpha value is -4.41. The molecule has 1 saturated heterocycles. The first kappa shape index (κ1) is 29.1. The molecule has 10 nitrogen and oxygen atoms in total. The number of imidazole rings is 1. The number of imide groups is 1. The number of benzene rings is 2. The molecular formula is C31H35FN4O6. The fourth-order valence-corrected chi connectivity index (χ4v) is 5.52. The van der Waals surface area contributed by atoms with Crippen LogP contribution < -0.4 is 10.4 Å². The van der Waals surface area contributed by atoms with Crippen molar-refractivity contribution < 1.29 is 28.2 Å². The van der Waals surface area contributed by atoms with E-state index in [1.165, 1.54) is 16.2 Å². The lowest BCUT2D eigenvalue weighted by Crippen LogP contribution is -2.47. The van der Waals surface area contributed by atoms with E-state index in [4.69, 9.17) is 9.47 Å². The van der Waals surface area contributed by atoms with E-state index in [0.29, 0.717) is 24.3 Å². The summed E-state index contributed by atoms with van der Waals surface area (Å²) < 4.78 is 29.2. The van der Waals surface area contributed by atoms with Gasteiger partial charge in [0.15, 0.2) is 5.82 Å². The molecule has 0 bridgehead atoms. The quantitative estimate of drug-likeness (QED) is 0.416. The van der Waals surface area contributed by atoms with Crippen LogP contribution in [0.5, 0.6) is 5.75 Å². The van der Waals surface area contributed by atoms with Gasteiger partial charge in [0, 0.05) is 32.1 Å². The first-order valence-electron chi connectivity index (χ1n) is 13.9. The van der Waals surface area contributed by atoms with Gasteiger partial charge in [-0.2, -0.15) is 0 Å². The Kier molecular flexibility index (Phi) is 7.70. The van der Waals surface area contributed by atoms with E-state index in [0.717, 1.165) is 16.0 Å². The smallest absolute Gasteiger partial charge is 0.410 e. The van der Waals surface area contributed by atoms with Gasteiger partial charge in [0.2, 0.25) is 5.91 Å². The van der Waals surface area contributed by atoms with Gasteiger partial charge in [0.05, 0.1) is 19.2 Å². The zero-order valence-corrected chi connectivity index (χ0v) is 24.5. The summed E-state index contributed by atoms with van der Waals surface area (Å²) in [7, 11) is 3.03. The molecule has 0 saturated carbocycles.